The average molecular weight is 416 g/mol. The smallest absolute Gasteiger partial charge is 0.282 e. The van der Waals surface area contributed by atoms with Crippen LogP contribution in [0.3, 0.4) is 0 Å². The lowest BCUT2D eigenvalue weighted by atomic mass is 10.0. The molecule has 1 aliphatic heterocycles. The molecule has 5 nitrogen and oxygen atoms in total. The minimum Gasteiger partial charge on any atom is -0.497 e. The van der Waals surface area contributed by atoms with E-state index in [-0.39, 0.29) is 11.3 Å². The van der Waals surface area contributed by atoms with Crippen LogP contribution in [0.2, 0.25) is 0 Å². The number of anilines is 2. The number of nitrogens with zero attached hydrogens (tertiary/aromatic N) is 1. The second kappa shape index (κ2) is 8.07. The van der Waals surface area contributed by atoms with Gasteiger partial charge in [-0.1, -0.05) is 24.3 Å². The van der Waals surface area contributed by atoms with Crippen LogP contribution in [-0.2, 0) is 9.59 Å². The summed E-state index contributed by atoms with van der Waals surface area (Å²) in [5.74, 6) is -0.759. The standard InChI is InChI=1S/C25H21FN2O3/c1-15-4-5-16(2)21(14-15)27-23-22(17-6-8-18(26)9-7-17)24(29)28(25(23)30)19-10-12-20(31-3)13-11-19/h4-14,27H,1-3H3. The molecule has 31 heavy (non-hydrogen) atoms. The van der Waals surface area contributed by atoms with E-state index >= 15 is 0 Å². The number of halogens is 1. The zero-order valence-electron chi connectivity index (χ0n) is 17.4. The van der Waals surface area contributed by atoms with E-state index in [1.54, 1.807) is 31.4 Å². The lowest BCUT2D eigenvalue weighted by molar-refractivity contribution is -0.120. The topological polar surface area (TPSA) is 58.6 Å². The molecule has 2 amide bonds. The fourth-order valence-corrected chi connectivity index (χ4v) is 3.50. The monoisotopic (exact) mass is 416 g/mol. The highest BCUT2D eigenvalue weighted by Crippen LogP contribution is 2.35. The minimum absolute atomic E-state index is 0.154. The summed E-state index contributed by atoms with van der Waals surface area (Å²) >= 11 is 0. The maximum atomic E-state index is 13.5. The third kappa shape index (κ3) is 3.80. The van der Waals surface area contributed by atoms with Crippen LogP contribution in [0.1, 0.15) is 16.7 Å². The van der Waals surface area contributed by atoms with Gasteiger partial charge in [-0.3, -0.25) is 9.59 Å². The number of amides is 2. The normalized spacial score (nSPS) is 13.7. The second-order valence-corrected chi connectivity index (χ2v) is 7.34. The van der Waals surface area contributed by atoms with Crippen molar-refractivity contribution in [3.8, 4) is 5.75 Å². The molecular formula is C25H21FN2O3. The number of carbonyl (C=O) groups is 2. The third-order valence-electron chi connectivity index (χ3n) is 5.20. The largest absolute Gasteiger partial charge is 0.497 e. The average Bonchev–Trinajstić information content (AvgIpc) is 3.01. The Hall–Kier alpha value is -3.93. The quantitative estimate of drug-likeness (QED) is 0.604. The number of hydrogen-bond acceptors (Lipinski definition) is 4. The Morgan fingerprint density at radius 3 is 2.19 bits per heavy atom. The first-order chi connectivity index (χ1) is 14.9. The van der Waals surface area contributed by atoms with Gasteiger partial charge in [-0.15, -0.1) is 0 Å². The fourth-order valence-electron chi connectivity index (χ4n) is 3.50. The van der Waals surface area contributed by atoms with Gasteiger partial charge < -0.3 is 10.1 Å². The molecule has 0 saturated heterocycles. The Kier molecular flexibility index (Phi) is 5.29. The van der Waals surface area contributed by atoms with Gasteiger partial charge in [-0.2, -0.15) is 0 Å². The summed E-state index contributed by atoms with van der Waals surface area (Å²) < 4.78 is 18.7. The van der Waals surface area contributed by atoms with E-state index < -0.39 is 17.6 Å². The molecule has 3 aromatic carbocycles. The zero-order chi connectivity index (χ0) is 22.1. The first-order valence-corrected chi connectivity index (χ1v) is 9.76. The van der Waals surface area contributed by atoms with Gasteiger partial charge in [0.2, 0.25) is 0 Å². The van der Waals surface area contributed by atoms with E-state index in [1.165, 1.54) is 24.3 Å². The van der Waals surface area contributed by atoms with Gasteiger partial charge in [0.25, 0.3) is 11.8 Å². The van der Waals surface area contributed by atoms with Crippen molar-refractivity contribution in [3.63, 3.8) is 0 Å². The van der Waals surface area contributed by atoms with Crippen LogP contribution in [0.15, 0.2) is 72.4 Å². The molecule has 3 aromatic rings. The van der Waals surface area contributed by atoms with Crippen molar-refractivity contribution < 1.29 is 18.7 Å². The molecule has 0 saturated carbocycles. The van der Waals surface area contributed by atoms with Crippen molar-refractivity contribution in [1.29, 1.82) is 0 Å². The molecular weight excluding hydrogens is 395 g/mol. The minimum atomic E-state index is -0.477. The number of benzene rings is 3. The number of imide groups is 1. The summed E-state index contributed by atoms with van der Waals surface area (Å²) in [4.78, 5) is 27.9. The Bertz CT molecular complexity index is 1200. The summed E-state index contributed by atoms with van der Waals surface area (Å²) in [5, 5.41) is 3.16. The molecule has 6 heteroatoms. The van der Waals surface area contributed by atoms with Gasteiger partial charge in [0.05, 0.1) is 18.4 Å². The lowest BCUT2D eigenvalue weighted by Gasteiger charge is -2.16. The summed E-state index contributed by atoms with van der Waals surface area (Å²) in [6.07, 6.45) is 0. The molecule has 1 N–H and O–H groups in total. The highest BCUT2D eigenvalue weighted by atomic mass is 19.1. The number of carbonyl (C=O) groups excluding carboxylic acids is 2. The molecule has 0 bridgehead atoms. The van der Waals surface area contributed by atoms with Crippen molar-refractivity contribution in [1.82, 2.24) is 0 Å². The van der Waals surface area contributed by atoms with Crippen LogP contribution >= 0.6 is 0 Å². The van der Waals surface area contributed by atoms with Gasteiger partial charge in [0, 0.05) is 5.69 Å². The Labute approximate surface area is 179 Å². The van der Waals surface area contributed by atoms with Crippen LogP contribution in [-0.4, -0.2) is 18.9 Å². The highest BCUT2D eigenvalue weighted by molar-refractivity contribution is 6.46. The SMILES string of the molecule is COc1ccc(N2C(=O)C(Nc3cc(C)ccc3C)=C(c3ccc(F)cc3)C2=O)cc1. The Balaban J connectivity index is 1.82. The Morgan fingerprint density at radius 1 is 0.871 bits per heavy atom. The molecule has 0 aromatic heterocycles. The molecule has 0 radical (unpaired) electrons. The van der Waals surface area contributed by atoms with Gasteiger partial charge in [0.1, 0.15) is 17.3 Å². The van der Waals surface area contributed by atoms with E-state index in [1.807, 2.05) is 32.0 Å². The number of methoxy groups -OCH3 is 1. The lowest BCUT2D eigenvalue weighted by Crippen LogP contribution is -2.32. The molecule has 1 aliphatic rings. The maximum Gasteiger partial charge on any atom is 0.282 e. The van der Waals surface area contributed by atoms with Crippen molar-refractivity contribution >= 4 is 28.8 Å². The first kappa shape index (κ1) is 20.3. The predicted molar refractivity (Wildman–Crippen MR) is 118 cm³/mol. The number of hydrogen-bond donors (Lipinski definition) is 1. The predicted octanol–water partition coefficient (Wildman–Crippen LogP) is 4.85. The molecule has 0 unspecified atom stereocenters. The number of ether oxygens (including phenoxy) is 1. The zero-order valence-corrected chi connectivity index (χ0v) is 17.4. The molecule has 0 fully saturated rings. The summed E-state index contributed by atoms with van der Waals surface area (Å²) in [5.41, 5.74) is 3.91. The molecule has 0 aliphatic carbocycles. The van der Waals surface area contributed by atoms with Crippen LogP contribution in [0.5, 0.6) is 5.75 Å². The van der Waals surface area contributed by atoms with E-state index in [4.69, 9.17) is 4.74 Å². The molecule has 1 heterocycles. The van der Waals surface area contributed by atoms with Crippen molar-refractivity contribution in [3.05, 3.63) is 94.9 Å². The van der Waals surface area contributed by atoms with Crippen molar-refractivity contribution in [2.45, 2.75) is 13.8 Å². The van der Waals surface area contributed by atoms with E-state index in [0.29, 0.717) is 17.0 Å². The molecule has 4 rings (SSSR count). The van der Waals surface area contributed by atoms with Gasteiger partial charge in [-0.25, -0.2) is 9.29 Å². The van der Waals surface area contributed by atoms with Crippen LogP contribution in [0.4, 0.5) is 15.8 Å². The fraction of sp³-hybridized carbons (Fsp3) is 0.120. The number of rotatable bonds is 5. The second-order valence-electron chi connectivity index (χ2n) is 7.34. The number of nitrogens with one attached hydrogen (secondary N) is 1. The van der Waals surface area contributed by atoms with Crippen molar-refractivity contribution in [2.75, 3.05) is 17.3 Å². The summed E-state index contributed by atoms with van der Waals surface area (Å²) in [6.45, 7) is 3.87. The van der Waals surface area contributed by atoms with E-state index in [0.717, 1.165) is 21.7 Å². The van der Waals surface area contributed by atoms with Crippen LogP contribution in [0, 0.1) is 19.7 Å². The van der Waals surface area contributed by atoms with Crippen molar-refractivity contribution in [2.24, 2.45) is 0 Å². The molecule has 0 atom stereocenters. The maximum absolute atomic E-state index is 13.5. The van der Waals surface area contributed by atoms with Crippen LogP contribution < -0.4 is 15.0 Å². The summed E-state index contributed by atoms with van der Waals surface area (Å²) in [7, 11) is 1.54. The number of aryl methyl sites for hydroxylation is 2. The third-order valence-corrected chi connectivity index (χ3v) is 5.20. The van der Waals surface area contributed by atoms with E-state index in [2.05, 4.69) is 5.32 Å². The first-order valence-electron chi connectivity index (χ1n) is 9.76. The highest BCUT2D eigenvalue weighted by Gasteiger charge is 2.40. The Morgan fingerprint density at radius 2 is 1.55 bits per heavy atom. The van der Waals surface area contributed by atoms with E-state index in [9.17, 15) is 14.0 Å². The summed E-state index contributed by atoms with van der Waals surface area (Å²) in [6, 6.07) is 18.0. The van der Waals surface area contributed by atoms with Gasteiger partial charge in [0.15, 0.2) is 0 Å². The van der Waals surface area contributed by atoms with Crippen LogP contribution in [0.25, 0.3) is 5.57 Å². The molecule has 156 valence electrons. The van der Waals surface area contributed by atoms with Gasteiger partial charge >= 0.3 is 0 Å². The molecule has 0 spiro atoms. The van der Waals surface area contributed by atoms with Gasteiger partial charge in [-0.05, 0) is 73.0 Å².